The molecule has 3 rings (SSSR count). The second kappa shape index (κ2) is 9.05. The average molecular weight is 400 g/mol. The Morgan fingerprint density at radius 3 is 2.64 bits per heavy atom. The van der Waals surface area contributed by atoms with Gasteiger partial charge in [-0.25, -0.2) is 4.68 Å². The van der Waals surface area contributed by atoms with Crippen molar-refractivity contribution in [1.29, 1.82) is 0 Å². The highest BCUT2D eigenvalue weighted by molar-refractivity contribution is 6.32. The molecule has 0 aliphatic carbocycles. The van der Waals surface area contributed by atoms with E-state index in [9.17, 15) is 9.59 Å². The molecule has 3 aromatic rings. The average Bonchev–Trinajstić information content (AvgIpc) is 2.70. The molecule has 28 heavy (non-hydrogen) atoms. The lowest BCUT2D eigenvalue weighted by molar-refractivity contribution is 0.101. The van der Waals surface area contributed by atoms with E-state index in [1.165, 1.54) is 23.9 Å². The van der Waals surface area contributed by atoms with Crippen molar-refractivity contribution in [1.82, 2.24) is 9.78 Å². The van der Waals surface area contributed by atoms with Crippen LogP contribution in [0.25, 0.3) is 0 Å². The van der Waals surface area contributed by atoms with Gasteiger partial charge >= 0.3 is 0 Å². The molecule has 0 unspecified atom stereocenters. The van der Waals surface area contributed by atoms with Crippen molar-refractivity contribution in [2.75, 3.05) is 19.0 Å². The molecule has 0 atom stereocenters. The quantitative estimate of drug-likeness (QED) is 0.659. The number of hydrogen-bond donors (Lipinski definition) is 1. The van der Waals surface area contributed by atoms with Crippen LogP contribution in [0.2, 0.25) is 5.02 Å². The van der Waals surface area contributed by atoms with E-state index >= 15 is 0 Å². The maximum atomic E-state index is 12.4. The van der Waals surface area contributed by atoms with E-state index in [4.69, 9.17) is 21.1 Å². The van der Waals surface area contributed by atoms with E-state index in [1.807, 2.05) is 30.3 Å². The molecular weight excluding hydrogens is 382 g/mol. The summed E-state index contributed by atoms with van der Waals surface area (Å²) < 4.78 is 11.8. The van der Waals surface area contributed by atoms with Gasteiger partial charge in [0.05, 0.1) is 18.7 Å². The summed E-state index contributed by atoms with van der Waals surface area (Å²) in [7, 11) is 1.51. The molecule has 8 heteroatoms. The standard InChI is InChI=1S/C20H18ClN3O4/c1-27-18-9-7-14(13-16(18)21)22-20(26)17-8-10-19(25)24(23-17)11-12-28-15-5-3-2-4-6-15/h2-10,13H,11-12H2,1H3,(H,22,26). The number of carbonyl (C=O) groups is 1. The lowest BCUT2D eigenvalue weighted by atomic mass is 10.3. The number of rotatable bonds is 7. The van der Waals surface area contributed by atoms with Crippen molar-refractivity contribution in [3.05, 3.63) is 81.7 Å². The fourth-order valence-electron chi connectivity index (χ4n) is 2.44. The summed E-state index contributed by atoms with van der Waals surface area (Å²) in [5.74, 6) is 0.740. The zero-order valence-electron chi connectivity index (χ0n) is 15.1. The van der Waals surface area contributed by atoms with Crippen LogP contribution in [0.3, 0.4) is 0 Å². The summed E-state index contributed by atoms with van der Waals surface area (Å²) in [6.45, 7) is 0.458. The number of ether oxygens (including phenoxy) is 2. The maximum absolute atomic E-state index is 12.4. The summed E-state index contributed by atoms with van der Waals surface area (Å²) in [6, 6.07) is 16.8. The number of anilines is 1. The fraction of sp³-hybridized carbons (Fsp3) is 0.150. The van der Waals surface area contributed by atoms with Crippen molar-refractivity contribution in [3.8, 4) is 11.5 Å². The molecule has 1 heterocycles. The van der Waals surface area contributed by atoms with Gasteiger partial charge in [0, 0.05) is 11.8 Å². The van der Waals surface area contributed by atoms with Crippen LogP contribution >= 0.6 is 11.6 Å². The second-order valence-corrected chi connectivity index (χ2v) is 6.15. The molecule has 1 amide bonds. The molecule has 0 saturated carbocycles. The highest BCUT2D eigenvalue weighted by Crippen LogP contribution is 2.27. The zero-order valence-corrected chi connectivity index (χ0v) is 15.8. The molecule has 0 fully saturated rings. The van der Waals surface area contributed by atoms with Crippen LogP contribution in [0.15, 0.2) is 65.5 Å². The topological polar surface area (TPSA) is 82.5 Å². The largest absolute Gasteiger partial charge is 0.495 e. The number of methoxy groups -OCH3 is 1. The Morgan fingerprint density at radius 2 is 1.93 bits per heavy atom. The third-order valence-electron chi connectivity index (χ3n) is 3.82. The lowest BCUT2D eigenvalue weighted by Crippen LogP contribution is -2.28. The SMILES string of the molecule is COc1ccc(NC(=O)c2ccc(=O)n(CCOc3ccccc3)n2)cc1Cl. The molecule has 0 bridgehead atoms. The molecule has 0 aliphatic heterocycles. The first kappa shape index (κ1) is 19.4. The number of amides is 1. The first-order valence-corrected chi connectivity index (χ1v) is 8.85. The van der Waals surface area contributed by atoms with Gasteiger partial charge in [0.15, 0.2) is 0 Å². The van der Waals surface area contributed by atoms with Gasteiger partial charge in [-0.3, -0.25) is 9.59 Å². The highest BCUT2D eigenvalue weighted by atomic mass is 35.5. The maximum Gasteiger partial charge on any atom is 0.276 e. The smallest absolute Gasteiger partial charge is 0.276 e. The third kappa shape index (κ3) is 4.89. The van der Waals surface area contributed by atoms with Gasteiger partial charge in [0.1, 0.15) is 23.8 Å². The molecule has 1 aromatic heterocycles. The van der Waals surface area contributed by atoms with Gasteiger partial charge in [-0.2, -0.15) is 5.10 Å². The van der Waals surface area contributed by atoms with E-state index in [-0.39, 0.29) is 24.4 Å². The van der Waals surface area contributed by atoms with Crippen LogP contribution in [0.5, 0.6) is 11.5 Å². The van der Waals surface area contributed by atoms with Gasteiger partial charge in [0.25, 0.3) is 11.5 Å². The Morgan fingerprint density at radius 1 is 1.14 bits per heavy atom. The summed E-state index contributed by atoms with van der Waals surface area (Å²) in [6.07, 6.45) is 0. The molecule has 2 aromatic carbocycles. The van der Waals surface area contributed by atoms with Crippen LogP contribution in [-0.2, 0) is 6.54 Å². The van der Waals surface area contributed by atoms with Crippen LogP contribution in [0.1, 0.15) is 10.5 Å². The molecule has 0 aliphatic rings. The van der Waals surface area contributed by atoms with Crippen LogP contribution in [0, 0.1) is 0 Å². The number of halogens is 1. The monoisotopic (exact) mass is 399 g/mol. The first-order valence-electron chi connectivity index (χ1n) is 8.48. The molecule has 7 nitrogen and oxygen atoms in total. The van der Waals surface area contributed by atoms with E-state index < -0.39 is 5.91 Å². The summed E-state index contributed by atoms with van der Waals surface area (Å²) in [5.41, 5.74) is 0.273. The van der Waals surface area contributed by atoms with Gasteiger partial charge in [0.2, 0.25) is 0 Å². The van der Waals surface area contributed by atoms with Crippen LogP contribution in [0.4, 0.5) is 5.69 Å². The molecule has 144 valence electrons. The summed E-state index contributed by atoms with van der Waals surface area (Å²) >= 11 is 6.06. The number of hydrogen-bond acceptors (Lipinski definition) is 5. The van der Waals surface area contributed by atoms with Crippen molar-refractivity contribution in [2.45, 2.75) is 6.54 Å². The van der Waals surface area contributed by atoms with E-state index in [2.05, 4.69) is 10.4 Å². The number of nitrogens with zero attached hydrogens (tertiary/aromatic N) is 2. The second-order valence-electron chi connectivity index (χ2n) is 5.74. The Hall–Kier alpha value is -3.32. The highest BCUT2D eigenvalue weighted by Gasteiger charge is 2.11. The Bertz CT molecular complexity index is 1020. The first-order chi connectivity index (χ1) is 13.6. The predicted octanol–water partition coefficient (Wildman–Crippen LogP) is 3.24. The minimum atomic E-state index is -0.459. The van der Waals surface area contributed by atoms with Crippen molar-refractivity contribution in [2.24, 2.45) is 0 Å². The van der Waals surface area contributed by atoms with Crippen molar-refractivity contribution in [3.63, 3.8) is 0 Å². The van der Waals surface area contributed by atoms with Crippen LogP contribution in [-0.4, -0.2) is 29.4 Å². The molecule has 0 spiro atoms. The number of carbonyl (C=O) groups excluding carboxylic acids is 1. The minimum absolute atomic E-state index is 0.103. The Labute approximate surface area is 166 Å². The van der Waals surface area contributed by atoms with E-state index in [1.54, 1.807) is 18.2 Å². The third-order valence-corrected chi connectivity index (χ3v) is 4.12. The Balaban J connectivity index is 1.67. The molecule has 1 N–H and O–H groups in total. The Kier molecular flexibility index (Phi) is 6.29. The van der Waals surface area contributed by atoms with Gasteiger partial charge in [-0.15, -0.1) is 0 Å². The molecule has 0 radical (unpaired) electrons. The number of benzene rings is 2. The summed E-state index contributed by atoms with van der Waals surface area (Å²) in [5, 5.41) is 7.17. The van der Waals surface area contributed by atoms with Crippen molar-refractivity contribution >= 4 is 23.2 Å². The minimum Gasteiger partial charge on any atom is -0.495 e. The normalized spacial score (nSPS) is 10.4. The lowest BCUT2D eigenvalue weighted by Gasteiger charge is -2.10. The number of aromatic nitrogens is 2. The number of nitrogens with one attached hydrogen (secondary N) is 1. The van der Waals surface area contributed by atoms with Gasteiger partial charge in [-0.1, -0.05) is 29.8 Å². The van der Waals surface area contributed by atoms with Crippen LogP contribution < -0.4 is 20.3 Å². The van der Waals surface area contributed by atoms with Gasteiger partial charge in [-0.05, 0) is 36.4 Å². The van der Waals surface area contributed by atoms with E-state index in [0.29, 0.717) is 22.2 Å². The molecular formula is C20H18ClN3O4. The van der Waals surface area contributed by atoms with Gasteiger partial charge < -0.3 is 14.8 Å². The summed E-state index contributed by atoms with van der Waals surface area (Å²) in [4.78, 5) is 24.4. The zero-order chi connectivity index (χ0) is 19.9. The molecule has 0 saturated heterocycles. The van der Waals surface area contributed by atoms with E-state index in [0.717, 1.165) is 0 Å². The predicted molar refractivity (Wildman–Crippen MR) is 106 cm³/mol. The number of para-hydroxylation sites is 1. The van der Waals surface area contributed by atoms with Crippen molar-refractivity contribution < 1.29 is 14.3 Å². The fourth-order valence-corrected chi connectivity index (χ4v) is 2.69.